The third kappa shape index (κ3) is 3.47. The molecule has 2 heterocycles. The van der Waals surface area contributed by atoms with Crippen LogP contribution in [0.25, 0.3) is 31.7 Å². The predicted octanol–water partition coefficient (Wildman–Crippen LogP) is 4.43. The molecular formula is C24H25N3O3S. The fourth-order valence-corrected chi connectivity index (χ4v) is 5.16. The van der Waals surface area contributed by atoms with Gasteiger partial charge in [-0.15, -0.1) is 11.3 Å². The second kappa shape index (κ2) is 7.66. The number of rotatable bonds is 6. The maximum absolute atomic E-state index is 13.7. The largest absolute Gasteiger partial charge is 0.506 e. The van der Waals surface area contributed by atoms with E-state index in [0.717, 1.165) is 36.1 Å². The summed E-state index contributed by atoms with van der Waals surface area (Å²) >= 11 is 1.37. The number of phenols is 1. The molecule has 7 heteroatoms. The highest BCUT2D eigenvalue weighted by atomic mass is 32.1. The van der Waals surface area contributed by atoms with Gasteiger partial charge in [0, 0.05) is 24.0 Å². The lowest BCUT2D eigenvalue weighted by molar-refractivity contribution is 0.381. The van der Waals surface area contributed by atoms with E-state index in [1.807, 2.05) is 32.3 Å². The molecule has 31 heavy (non-hydrogen) atoms. The fraction of sp³-hybridized carbons (Fsp3) is 0.333. The summed E-state index contributed by atoms with van der Waals surface area (Å²) in [4.78, 5) is 21.5. The maximum Gasteiger partial charge on any atom is 0.263 e. The minimum absolute atomic E-state index is 0.0590. The number of fused-ring (bicyclic) bond motifs is 3. The van der Waals surface area contributed by atoms with Gasteiger partial charge in [-0.2, -0.15) is 0 Å². The minimum Gasteiger partial charge on any atom is -0.506 e. The van der Waals surface area contributed by atoms with Crippen molar-refractivity contribution in [3.63, 3.8) is 0 Å². The van der Waals surface area contributed by atoms with Crippen LogP contribution in [0, 0.1) is 0 Å². The summed E-state index contributed by atoms with van der Waals surface area (Å²) in [7, 11) is 5.67. The summed E-state index contributed by atoms with van der Waals surface area (Å²) in [5.41, 5.74) is 2.12. The third-order valence-electron chi connectivity index (χ3n) is 5.89. The highest BCUT2D eigenvalue weighted by molar-refractivity contribution is 7.25. The van der Waals surface area contributed by atoms with Gasteiger partial charge in [0.2, 0.25) is 0 Å². The molecule has 1 aliphatic rings. The number of phenolic OH excluding ortho intramolecular Hbond substituents is 1. The quantitative estimate of drug-likeness (QED) is 0.485. The summed E-state index contributed by atoms with van der Waals surface area (Å²) in [6.45, 7) is 1.26. The number of thiophene rings is 1. The zero-order valence-corrected chi connectivity index (χ0v) is 18.7. The van der Waals surface area contributed by atoms with Crippen LogP contribution in [0.3, 0.4) is 0 Å². The lowest BCUT2D eigenvalue weighted by Crippen LogP contribution is -2.28. The molecule has 0 atom stereocenters. The Balaban J connectivity index is 1.81. The van der Waals surface area contributed by atoms with E-state index in [9.17, 15) is 9.90 Å². The zero-order valence-electron chi connectivity index (χ0n) is 17.9. The molecule has 5 rings (SSSR count). The first-order valence-electron chi connectivity index (χ1n) is 10.5. The highest BCUT2D eigenvalue weighted by Crippen LogP contribution is 2.46. The molecule has 160 valence electrons. The molecule has 0 spiro atoms. The molecule has 1 fully saturated rings. The number of aromatic nitrogens is 2. The van der Waals surface area contributed by atoms with Gasteiger partial charge in [-0.05, 0) is 62.7 Å². The number of benzene rings is 2. The van der Waals surface area contributed by atoms with Crippen LogP contribution < -0.4 is 10.3 Å². The van der Waals surface area contributed by atoms with E-state index in [1.165, 1.54) is 16.9 Å². The average molecular weight is 436 g/mol. The number of hydrogen-bond acceptors (Lipinski definition) is 6. The maximum atomic E-state index is 13.7. The molecular weight excluding hydrogens is 410 g/mol. The predicted molar refractivity (Wildman–Crippen MR) is 126 cm³/mol. The highest BCUT2D eigenvalue weighted by Gasteiger charge is 2.29. The van der Waals surface area contributed by atoms with Crippen LogP contribution in [-0.2, 0) is 6.54 Å². The van der Waals surface area contributed by atoms with E-state index >= 15 is 0 Å². The van der Waals surface area contributed by atoms with Gasteiger partial charge in [0.25, 0.3) is 5.56 Å². The monoisotopic (exact) mass is 435 g/mol. The van der Waals surface area contributed by atoms with Gasteiger partial charge in [-0.1, -0.05) is 12.1 Å². The number of methoxy groups -OCH3 is 1. The van der Waals surface area contributed by atoms with E-state index < -0.39 is 0 Å². The Morgan fingerprint density at radius 2 is 2.06 bits per heavy atom. The van der Waals surface area contributed by atoms with E-state index in [0.29, 0.717) is 33.2 Å². The fourth-order valence-electron chi connectivity index (χ4n) is 4.08. The molecule has 6 nitrogen and oxygen atoms in total. The van der Waals surface area contributed by atoms with Crippen molar-refractivity contribution in [3.05, 3.63) is 52.3 Å². The molecule has 1 N–H and O–H groups in total. The van der Waals surface area contributed by atoms with Gasteiger partial charge in [-0.3, -0.25) is 9.36 Å². The van der Waals surface area contributed by atoms with Crippen LogP contribution in [0.2, 0.25) is 0 Å². The van der Waals surface area contributed by atoms with Crippen LogP contribution in [0.15, 0.2) is 41.2 Å². The molecule has 1 aliphatic carbocycles. The van der Waals surface area contributed by atoms with Gasteiger partial charge in [-0.25, -0.2) is 4.98 Å². The number of nitrogens with zero attached hydrogens (tertiary/aromatic N) is 3. The summed E-state index contributed by atoms with van der Waals surface area (Å²) < 4.78 is 7.96. The second-order valence-corrected chi connectivity index (χ2v) is 9.36. The Kier molecular flexibility index (Phi) is 4.95. The molecule has 2 aromatic heterocycles. The molecule has 0 saturated heterocycles. The average Bonchev–Trinajstić information content (AvgIpc) is 3.53. The normalized spacial score (nSPS) is 14.1. The Morgan fingerprint density at radius 3 is 2.77 bits per heavy atom. The lowest BCUT2D eigenvalue weighted by Gasteiger charge is -2.18. The number of aromatic hydroxyl groups is 1. The number of likely N-dealkylation sites (N-methyl/N-ethyl adjacent to an activating group) is 1. The van der Waals surface area contributed by atoms with E-state index in [2.05, 4.69) is 11.0 Å². The van der Waals surface area contributed by atoms with Crippen LogP contribution in [-0.4, -0.2) is 47.3 Å². The standard InChI is InChI=1S/C24H25N3O3S/c1-26(2)11-12-27-22(16-10-9-15(30-3)13-18(16)14-7-8-14)25-23-20(24(27)29)17-5-4-6-19(28)21(17)31-23/h4-6,9-10,13-14,28H,7-8,11-12H2,1-3H3. The first-order valence-corrected chi connectivity index (χ1v) is 11.3. The van der Waals surface area contributed by atoms with E-state index in [-0.39, 0.29) is 11.3 Å². The van der Waals surface area contributed by atoms with Gasteiger partial charge < -0.3 is 14.7 Å². The van der Waals surface area contributed by atoms with Crippen molar-refractivity contribution >= 4 is 31.6 Å². The number of ether oxygens (including phenoxy) is 1. The molecule has 0 aliphatic heterocycles. The van der Waals surface area contributed by atoms with Gasteiger partial charge in [0.15, 0.2) is 0 Å². The molecule has 0 unspecified atom stereocenters. The topological polar surface area (TPSA) is 67.6 Å². The van der Waals surface area contributed by atoms with Crippen LogP contribution in [0.1, 0.15) is 24.3 Å². The Bertz CT molecular complexity index is 1350. The van der Waals surface area contributed by atoms with Crippen molar-refractivity contribution in [3.8, 4) is 22.9 Å². The third-order valence-corrected chi connectivity index (χ3v) is 7.01. The van der Waals surface area contributed by atoms with E-state index in [1.54, 1.807) is 23.8 Å². The summed E-state index contributed by atoms with van der Waals surface area (Å²) in [5, 5.41) is 11.7. The Labute approximate surface area is 184 Å². The van der Waals surface area contributed by atoms with Crippen molar-refractivity contribution in [2.75, 3.05) is 27.7 Å². The van der Waals surface area contributed by atoms with Gasteiger partial charge in [0.05, 0.1) is 17.2 Å². The molecule has 0 bridgehead atoms. The Morgan fingerprint density at radius 1 is 1.26 bits per heavy atom. The minimum atomic E-state index is -0.0590. The van der Waals surface area contributed by atoms with E-state index in [4.69, 9.17) is 9.72 Å². The van der Waals surface area contributed by atoms with Crippen molar-refractivity contribution < 1.29 is 9.84 Å². The van der Waals surface area contributed by atoms with Gasteiger partial charge >= 0.3 is 0 Å². The van der Waals surface area contributed by atoms with Crippen molar-refractivity contribution in [2.45, 2.75) is 25.3 Å². The van der Waals surface area contributed by atoms with Crippen molar-refractivity contribution in [2.24, 2.45) is 0 Å². The van der Waals surface area contributed by atoms with Gasteiger partial charge in [0.1, 0.15) is 22.2 Å². The SMILES string of the molecule is COc1ccc(-c2nc3sc4c(O)cccc4c3c(=O)n2CCN(C)C)c(C2CC2)c1. The van der Waals surface area contributed by atoms with Crippen molar-refractivity contribution in [1.29, 1.82) is 0 Å². The van der Waals surface area contributed by atoms with Crippen LogP contribution >= 0.6 is 11.3 Å². The van der Waals surface area contributed by atoms with Crippen LogP contribution in [0.5, 0.6) is 11.5 Å². The lowest BCUT2D eigenvalue weighted by atomic mass is 10.0. The first kappa shape index (κ1) is 20.0. The smallest absolute Gasteiger partial charge is 0.263 e. The molecule has 0 amide bonds. The van der Waals surface area contributed by atoms with Crippen LogP contribution in [0.4, 0.5) is 0 Å². The summed E-state index contributed by atoms with van der Waals surface area (Å²) in [6, 6.07) is 11.3. The molecule has 4 aromatic rings. The molecule has 2 aromatic carbocycles. The molecule has 0 radical (unpaired) electrons. The Hall–Kier alpha value is -2.90. The van der Waals surface area contributed by atoms with Crippen molar-refractivity contribution in [1.82, 2.24) is 14.5 Å². The first-order chi connectivity index (χ1) is 15.0. The summed E-state index contributed by atoms with van der Waals surface area (Å²) in [6.07, 6.45) is 2.28. The molecule has 1 saturated carbocycles. The zero-order chi connectivity index (χ0) is 21.7. The second-order valence-electron chi connectivity index (χ2n) is 8.36. The summed E-state index contributed by atoms with van der Waals surface area (Å²) in [5.74, 6) is 2.17. The number of hydrogen-bond donors (Lipinski definition) is 1.